The topological polar surface area (TPSA) is 0 Å². The number of halogens is 2. The van der Waals surface area contributed by atoms with Gasteiger partial charge in [0.25, 0.3) is 0 Å². The smallest absolute Gasteiger partial charge is 0.144 e. The third-order valence-corrected chi connectivity index (χ3v) is 1.65. The van der Waals surface area contributed by atoms with E-state index in [2.05, 4.69) is 22.5 Å². The molecule has 0 spiro atoms. The van der Waals surface area contributed by atoms with Crippen molar-refractivity contribution in [1.82, 2.24) is 0 Å². The van der Waals surface area contributed by atoms with Crippen molar-refractivity contribution >= 4 is 15.9 Å². The van der Waals surface area contributed by atoms with Gasteiger partial charge in [-0.15, -0.1) is 0 Å². The van der Waals surface area contributed by atoms with E-state index in [-0.39, 0.29) is 0 Å². The summed E-state index contributed by atoms with van der Waals surface area (Å²) in [7, 11) is 0. The summed E-state index contributed by atoms with van der Waals surface area (Å²) >= 11 is 3.15. The Morgan fingerprint density at radius 3 is 2.67 bits per heavy atom. The van der Waals surface area contributed by atoms with Crippen molar-refractivity contribution in [3.8, 4) is 0 Å². The summed E-state index contributed by atoms with van der Waals surface area (Å²) in [6, 6.07) is 0. The fourth-order valence-electron chi connectivity index (χ4n) is 0.581. The minimum absolute atomic E-state index is 0.512. The first kappa shape index (κ1) is 6.75. The molecule has 48 valence electrons. The molecule has 0 aromatic heterocycles. The summed E-state index contributed by atoms with van der Waals surface area (Å²) < 4.78 is 13.4. The van der Waals surface area contributed by atoms with Crippen molar-refractivity contribution in [3.05, 3.63) is 34.9 Å². The standard InChI is InChI=1S/C7H6BrF/c1-5-2-3-6(8)4-7(5)9/h2-4,7H,1H2. The van der Waals surface area contributed by atoms with Crippen LogP contribution < -0.4 is 0 Å². The van der Waals surface area contributed by atoms with Gasteiger partial charge in [-0.1, -0.05) is 28.6 Å². The molecule has 0 saturated heterocycles. The number of alkyl halides is 1. The van der Waals surface area contributed by atoms with Gasteiger partial charge in [0.15, 0.2) is 0 Å². The van der Waals surface area contributed by atoms with Crippen LogP contribution in [0.25, 0.3) is 0 Å². The molecule has 0 aliphatic heterocycles. The van der Waals surface area contributed by atoms with Gasteiger partial charge in [-0.3, -0.25) is 0 Å². The first-order valence-corrected chi connectivity index (χ1v) is 3.38. The van der Waals surface area contributed by atoms with Crippen LogP contribution in [-0.2, 0) is 0 Å². The van der Waals surface area contributed by atoms with E-state index in [0.717, 1.165) is 4.48 Å². The van der Waals surface area contributed by atoms with E-state index < -0.39 is 6.17 Å². The van der Waals surface area contributed by atoms with E-state index in [9.17, 15) is 4.39 Å². The maximum Gasteiger partial charge on any atom is 0.144 e. The van der Waals surface area contributed by atoms with E-state index in [1.807, 2.05) is 0 Å². The van der Waals surface area contributed by atoms with E-state index in [1.165, 1.54) is 6.08 Å². The van der Waals surface area contributed by atoms with E-state index in [0.29, 0.717) is 5.57 Å². The van der Waals surface area contributed by atoms with Crippen LogP contribution in [0.4, 0.5) is 4.39 Å². The highest BCUT2D eigenvalue weighted by molar-refractivity contribution is 9.11. The van der Waals surface area contributed by atoms with Crippen molar-refractivity contribution in [2.75, 3.05) is 0 Å². The minimum Gasteiger partial charge on any atom is -0.238 e. The molecule has 0 aromatic carbocycles. The van der Waals surface area contributed by atoms with Gasteiger partial charge >= 0.3 is 0 Å². The van der Waals surface area contributed by atoms with Gasteiger partial charge < -0.3 is 0 Å². The van der Waals surface area contributed by atoms with Gasteiger partial charge in [-0.2, -0.15) is 0 Å². The van der Waals surface area contributed by atoms with Crippen molar-refractivity contribution in [2.45, 2.75) is 6.17 Å². The number of hydrogen-bond acceptors (Lipinski definition) is 0. The molecule has 0 heterocycles. The number of hydrogen-bond donors (Lipinski definition) is 0. The second-order valence-electron chi connectivity index (χ2n) is 1.86. The maximum absolute atomic E-state index is 12.6. The molecule has 0 N–H and O–H groups in total. The monoisotopic (exact) mass is 188 g/mol. The zero-order valence-corrected chi connectivity index (χ0v) is 6.36. The SMILES string of the molecule is C=C1C=CC(Br)=CC1F. The molecule has 0 radical (unpaired) electrons. The van der Waals surface area contributed by atoms with Crippen LogP contribution in [0.3, 0.4) is 0 Å². The normalized spacial score (nSPS) is 26.2. The third kappa shape index (κ3) is 1.52. The highest BCUT2D eigenvalue weighted by Crippen LogP contribution is 2.20. The Kier molecular flexibility index (Phi) is 1.86. The summed E-state index contributed by atoms with van der Waals surface area (Å²) in [6.45, 7) is 3.50. The Morgan fingerprint density at radius 2 is 2.22 bits per heavy atom. The number of rotatable bonds is 0. The van der Waals surface area contributed by atoms with Crippen LogP contribution in [-0.4, -0.2) is 6.17 Å². The summed E-state index contributed by atoms with van der Waals surface area (Å²) in [4.78, 5) is 0. The molecule has 0 fully saturated rings. The zero-order chi connectivity index (χ0) is 6.85. The lowest BCUT2D eigenvalue weighted by molar-refractivity contribution is 0.455. The molecule has 0 nitrogen and oxygen atoms in total. The van der Waals surface area contributed by atoms with Gasteiger partial charge in [0.05, 0.1) is 0 Å². The molecule has 0 bridgehead atoms. The lowest BCUT2D eigenvalue weighted by atomic mass is 10.1. The largest absolute Gasteiger partial charge is 0.238 e. The quantitative estimate of drug-likeness (QED) is 0.549. The molecule has 1 unspecified atom stereocenters. The molecule has 0 saturated carbocycles. The summed E-state index contributed by atoms with van der Waals surface area (Å²) in [5.41, 5.74) is 0.512. The predicted octanol–water partition coefficient (Wildman–Crippen LogP) is 2.73. The minimum atomic E-state index is -1.01. The van der Waals surface area contributed by atoms with E-state index in [1.54, 1.807) is 12.2 Å². The van der Waals surface area contributed by atoms with Gasteiger partial charge in [-0.25, -0.2) is 4.39 Å². The number of allylic oxidation sites excluding steroid dienone is 5. The lowest BCUT2D eigenvalue weighted by Crippen LogP contribution is -2.00. The molecular weight excluding hydrogens is 183 g/mol. The van der Waals surface area contributed by atoms with Crippen molar-refractivity contribution in [1.29, 1.82) is 0 Å². The fraction of sp³-hybridized carbons (Fsp3) is 0.143. The van der Waals surface area contributed by atoms with Crippen LogP contribution >= 0.6 is 15.9 Å². The van der Waals surface area contributed by atoms with Crippen LogP contribution in [0.2, 0.25) is 0 Å². The molecule has 0 aromatic rings. The first-order valence-electron chi connectivity index (χ1n) is 2.58. The summed E-state index contributed by atoms with van der Waals surface area (Å²) in [5.74, 6) is 0. The van der Waals surface area contributed by atoms with Crippen LogP contribution in [0, 0.1) is 0 Å². The molecule has 2 heteroatoms. The Hall–Kier alpha value is -0.370. The molecule has 1 aliphatic carbocycles. The Bertz CT molecular complexity index is 191. The van der Waals surface area contributed by atoms with Crippen molar-refractivity contribution in [3.63, 3.8) is 0 Å². The Balaban J connectivity index is 2.82. The molecule has 1 atom stereocenters. The van der Waals surface area contributed by atoms with E-state index >= 15 is 0 Å². The first-order chi connectivity index (χ1) is 4.20. The van der Waals surface area contributed by atoms with Crippen LogP contribution in [0.1, 0.15) is 0 Å². The van der Waals surface area contributed by atoms with E-state index in [4.69, 9.17) is 0 Å². The third-order valence-electron chi connectivity index (χ3n) is 1.12. The summed E-state index contributed by atoms with van der Waals surface area (Å²) in [5, 5.41) is 0. The van der Waals surface area contributed by atoms with Crippen LogP contribution in [0.15, 0.2) is 34.9 Å². The van der Waals surface area contributed by atoms with Gasteiger partial charge in [0, 0.05) is 4.48 Å². The highest BCUT2D eigenvalue weighted by atomic mass is 79.9. The van der Waals surface area contributed by atoms with Crippen molar-refractivity contribution in [2.24, 2.45) is 0 Å². The summed E-state index contributed by atoms with van der Waals surface area (Å²) in [6.07, 6.45) is 3.90. The predicted molar refractivity (Wildman–Crippen MR) is 40.2 cm³/mol. The molecule has 9 heavy (non-hydrogen) atoms. The van der Waals surface area contributed by atoms with Gasteiger partial charge in [-0.05, 0) is 17.7 Å². The van der Waals surface area contributed by atoms with Gasteiger partial charge in [0.1, 0.15) is 6.17 Å². The zero-order valence-electron chi connectivity index (χ0n) is 4.77. The van der Waals surface area contributed by atoms with Gasteiger partial charge in [0.2, 0.25) is 0 Å². The second kappa shape index (κ2) is 2.48. The average molecular weight is 189 g/mol. The maximum atomic E-state index is 12.6. The van der Waals surface area contributed by atoms with Crippen LogP contribution in [0.5, 0.6) is 0 Å². The molecule has 1 rings (SSSR count). The Morgan fingerprint density at radius 1 is 1.56 bits per heavy atom. The highest BCUT2D eigenvalue weighted by Gasteiger charge is 2.08. The second-order valence-corrected chi connectivity index (χ2v) is 2.78. The molecular formula is C7H6BrF. The fourth-order valence-corrected chi connectivity index (χ4v) is 0.945. The Labute approximate surface area is 61.9 Å². The molecule has 1 aliphatic rings. The average Bonchev–Trinajstić information content (AvgIpc) is 1.80. The molecule has 0 amide bonds. The lowest BCUT2D eigenvalue weighted by Gasteiger charge is -2.06. The van der Waals surface area contributed by atoms with Crippen molar-refractivity contribution < 1.29 is 4.39 Å².